The second kappa shape index (κ2) is 6.30. The van der Waals surface area contributed by atoms with Crippen LogP contribution in [0.5, 0.6) is 0 Å². The van der Waals surface area contributed by atoms with Crippen molar-refractivity contribution >= 4 is 28.1 Å². The van der Waals surface area contributed by atoms with Gasteiger partial charge in [0.2, 0.25) is 0 Å². The quantitative estimate of drug-likeness (QED) is 0.841. The van der Waals surface area contributed by atoms with Gasteiger partial charge in [-0.25, -0.2) is 4.98 Å². The Morgan fingerprint density at radius 2 is 2.20 bits per heavy atom. The first-order valence-corrected chi connectivity index (χ1v) is 6.43. The van der Waals surface area contributed by atoms with E-state index in [2.05, 4.69) is 23.7 Å². The number of halogens is 1. The summed E-state index contributed by atoms with van der Waals surface area (Å²) in [5.41, 5.74) is 0. The van der Waals surface area contributed by atoms with E-state index in [0.717, 1.165) is 29.5 Å². The predicted molar refractivity (Wildman–Crippen MR) is 65.8 cm³/mol. The summed E-state index contributed by atoms with van der Waals surface area (Å²) < 4.78 is 0. The number of aliphatic hydroxyl groups is 1. The van der Waals surface area contributed by atoms with Crippen molar-refractivity contribution in [3.05, 3.63) is 10.0 Å². The Bertz CT molecular complexity index is 304. The average Bonchev–Trinajstić information content (AvgIpc) is 2.61. The van der Waals surface area contributed by atoms with Gasteiger partial charge in [-0.3, -0.25) is 0 Å². The summed E-state index contributed by atoms with van der Waals surface area (Å²) in [6, 6.07) is 0. The van der Waals surface area contributed by atoms with Crippen LogP contribution in [0, 0.1) is 0 Å². The topological polar surface area (TPSA) is 36.4 Å². The molecule has 0 saturated heterocycles. The summed E-state index contributed by atoms with van der Waals surface area (Å²) in [6.45, 7) is 6.17. The molecule has 0 aliphatic heterocycles. The van der Waals surface area contributed by atoms with Crippen LogP contribution in [0.2, 0.25) is 5.15 Å². The number of hydrogen-bond donors (Lipinski definition) is 1. The smallest absolute Gasteiger partial charge is 0.187 e. The van der Waals surface area contributed by atoms with Gasteiger partial charge in [-0.1, -0.05) is 36.3 Å². The Morgan fingerprint density at radius 1 is 1.47 bits per heavy atom. The highest BCUT2D eigenvalue weighted by Gasteiger charge is 2.12. The molecule has 0 fully saturated rings. The SMILES string of the molecule is CCCCN(CC)c1nc(Cl)c(CO)s1. The van der Waals surface area contributed by atoms with E-state index in [4.69, 9.17) is 16.7 Å². The van der Waals surface area contributed by atoms with Gasteiger partial charge in [-0.2, -0.15) is 0 Å². The molecule has 0 spiro atoms. The molecule has 1 aromatic heterocycles. The molecule has 1 aromatic rings. The molecule has 0 bridgehead atoms. The van der Waals surface area contributed by atoms with Crippen LogP contribution in [0.4, 0.5) is 5.13 Å². The monoisotopic (exact) mass is 248 g/mol. The number of rotatable bonds is 6. The highest BCUT2D eigenvalue weighted by Crippen LogP contribution is 2.29. The standard InChI is InChI=1S/C10H17ClN2OS/c1-3-5-6-13(4-2)10-12-9(11)8(7-14)15-10/h14H,3-7H2,1-2H3. The van der Waals surface area contributed by atoms with E-state index in [1.165, 1.54) is 17.8 Å². The molecule has 1 N–H and O–H groups in total. The second-order valence-electron chi connectivity index (χ2n) is 3.30. The van der Waals surface area contributed by atoms with Gasteiger partial charge in [0, 0.05) is 13.1 Å². The van der Waals surface area contributed by atoms with Crippen molar-refractivity contribution in [1.29, 1.82) is 0 Å². The molecular weight excluding hydrogens is 232 g/mol. The molecule has 0 atom stereocenters. The predicted octanol–water partition coefficient (Wildman–Crippen LogP) is 2.92. The Labute approximate surface area is 99.7 Å². The molecule has 0 aromatic carbocycles. The van der Waals surface area contributed by atoms with Crippen molar-refractivity contribution in [3.8, 4) is 0 Å². The van der Waals surface area contributed by atoms with E-state index in [9.17, 15) is 0 Å². The normalized spacial score (nSPS) is 10.7. The molecule has 3 nitrogen and oxygen atoms in total. The van der Waals surface area contributed by atoms with Crippen LogP contribution in [-0.4, -0.2) is 23.2 Å². The summed E-state index contributed by atoms with van der Waals surface area (Å²) in [4.78, 5) is 7.20. The maximum atomic E-state index is 9.03. The summed E-state index contributed by atoms with van der Waals surface area (Å²) in [5.74, 6) is 0. The zero-order valence-corrected chi connectivity index (χ0v) is 10.7. The fraction of sp³-hybridized carbons (Fsp3) is 0.700. The maximum absolute atomic E-state index is 9.03. The van der Waals surface area contributed by atoms with Gasteiger partial charge < -0.3 is 10.0 Å². The Balaban J connectivity index is 2.73. The molecule has 15 heavy (non-hydrogen) atoms. The zero-order valence-electron chi connectivity index (χ0n) is 9.16. The Kier molecular flexibility index (Phi) is 5.36. The molecule has 1 rings (SSSR count). The molecular formula is C10H17ClN2OS. The number of thiazole rings is 1. The molecule has 0 saturated carbocycles. The van der Waals surface area contributed by atoms with Gasteiger partial charge in [-0.15, -0.1) is 0 Å². The number of hydrogen-bond acceptors (Lipinski definition) is 4. The van der Waals surface area contributed by atoms with E-state index in [0.29, 0.717) is 5.15 Å². The number of anilines is 1. The van der Waals surface area contributed by atoms with E-state index >= 15 is 0 Å². The minimum Gasteiger partial charge on any atom is -0.391 e. The fourth-order valence-corrected chi connectivity index (χ4v) is 2.50. The van der Waals surface area contributed by atoms with Crippen LogP contribution >= 0.6 is 22.9 Å². The molecule has 0 aliphatic rings. The van der Waals surface area contributed by atoms with Crippen LogP contribution in [-0.2, 0) is 6.61 Å². The highest BCUT2D eigenvalue weighted by molar-refractivity contribution is 7.16. The third-order valence-electron chi connectivity index (χ3n) is 2.22. The van der Waals surface area contributed by atoms with Gasteiger partial charge in [-0.05, 0) is 13.3 Å². The lowest BCUT2D eigenvalue weighted by molar-refractivity contribution is 0.285. The van der Waals surface area contributed by atoms with Gasteiger partial charge in [0.25, 0.3) is 0 Å². The largest absolute Gasteiger partial charge is 0.391 e. The first-order chi connectivity index (χ1) is 7.22. The summed E-state index contributed by atoms with van der Waals surface area (Å²) in [5, 5.41) is 10.4. The molecule has 0 aliphatic carbocycles. The van der Waals surface area contributed by atoms with Crippen molar-refractivity contribution in [1.82, 2.24) is 4.98 Å². The highest BCUT2D eigenvalue weighted by atomic mass is 35.5. The van der Waals surface area contributed by atoms with Crippen molar-refractivity contribution in [2.45, 2.75) is 33.3 Å². The summed E-state index contributed by atoms with van der Waals surface area (Å²) >= 11 is 7.37. The van der Waals surface area contributed by atoms with E-state index in [-0.39, 0.29) is 6.61 Å². The van der Waals surface area contributed by atoms with Gasteiger partial charge in [0.15, 0.2) is 5.13 Å². The van der Waals surface area contributed by atoms with E-state index < -0.39 is 0 Å². The third kappa shape index (κ3) is 3.33. The molecule has 1 heterocycles. The number of nitrogens with zero attached hydrogens (tertiary/aromatic N) is 2. The summed E-state index contributed by atoms with van der Waals surface area (Å²) in [6.07, 6.45) is 2.32. The lowest BCUT2D eigenvalue weighted by Crippen LogP contribution is -2.23. The number of aromatic nitrogens is 1. The lowest BCUT2D eigenvalue weighted by Gasteiger charge is -2.18. The zero-order chi connectivity index (χ0) is 11.3. The number of aliphatic hydroxyl groups excluding tert-OH is 1. The van der Waals surface area contributed by atoms with Gasteiger partial charge >= 0.3 is 0 Å². The minimum atomic E-state index is -0.0260. The van der Waals surface area contributed by atoms with Crippen molar-refractivity contribution in [2.24, 2.45) is 0 Å². The molecule has 5 heteroatoms. The van der Waals surface area contributed by atoms with Crippen LogP contribution in [0.25, 0.3) is 0 Å². The first-order valence-electron chi connectivity index (χ1n) is 5.23. The minimum absolute atomic E-state index is 0.0260. The fourth-order valence-electron chi connectivity index (χ4n) is 1.29. The first kappa shape index (κ1) is 12.7. The molecule has 0 amide bonds. The third-order valence-corrected chi connectivity index (χ3v) is 3.74. The van der Waals surface area contributed by atoms with Crippen molar-refractivity contribution in [2.75, 3.05) is 18.0 Å². The lowest BCUT2D eigenvalue weighted by atomic mass is 10.3. The van der Waals surface area contributed by atoms with Crippen LogP contribution in [0.1, 0.15) is 31.6 Å². The number of unbranched alkanes of at least 4 members (excludes halogenated alkanes) is 1. The van der Waals surface area contributed by atoms with Crippen molar-refractivity contribution < 1.29 is 5.11 Å². The molecule has 86 valence electrons. The van der Waals surface area contributed by atoms with E-state index in [1.54, 1.807) is 0 Å². The van der Waals surface area contributed by atoms with Crippen LogP contribution in [0.15, 0.2) is 0 Å². The van der Waals surface area contributed by atoms with Crippen molar-refractivity contribution in [3.63, 3.8) is 0 Å². The van der Waals surface area contributed by atoms with Gasteiger partial charge in [0.05, 0.1) is 11.5 Å². The molecule has 0 unspecified atom stereocenters. The Hall–Kier alpha value is -0.320. The Morgan fingerprint density at radius 3 is 2.67 bits per heavy atom. The second-order valence-corrected chi connectivity index (χ2v) is 4.72. The maximum Gasteiger partial charge on any atom is 0.187 e. The average molecular weight is 249 g/mol. The molecule has 0 radical (unpaired) electrons. The van der Waals surface area contributed by atoms with Gasteiger partial charge in [0.1, 0.15) is 5.15 Å². The van der Waals surface area contributed by atoms with Crippen LogP contribution in [0.3, 0.4) is 0 Å². The van der Waals surface area contributed by atoms with Crippen LogP contribution < -0.4 is 4.90 Å². The summed E-state index contributed by atoms with van der Waals surface area (Å²) in [7, 11) is 0. The van der Waals surface area contributed by atoms with E-state index in [1.807, 2.05) is 0 Å².